The first-order valence-corrected chi connectivity index (χ1v) is 7.68. The minimum atomic E-state index is -0.316. The van der Waals surface area contributed by atoms with Crippen molar-refractivity contribution < 1.29 is 19.0 Å². The van der Waals surface area contributed by atoms with E-state index in [9.17, 15) is 4.79 Å². The van der Waals surface area contributed by atoms with Crippen molar-refractivity contribution in [3.63, 3.8) is 0 Å². The van der Waals surface area contributed by atoms with E-state index in [1.165, 1.54) is 12.8 Å². The molecule has 0 radical (unpaired) electrons. The van der Waals surface area contributed by atoms with Crippen LogP contribution in [0.2, 0.25) is 0 Å². The van der Waals surface area contributed by atoms with Gasteiger partial charge in [0.1, 0.15) is 0 Å². The fourth-order valence-corrected chi connectivity index (χ4v) is 2.56. The van der Waals surface area contributed by atoms with Gasteiger partial charge in [-0.15, -0.1) is 0 Å². The van der Waals surface area contributed by atoms with E-state index in [1.54, 1.807) is 14.2 Å². The molecule has 1 aromatic carbocycles. The highest BCUT2D eigenvalue weighted by molar-refractivity contribution is 5.82. The molecule has 122 valence electrons. The topological polar surface area (TPSA) is 70.8 Å². The Morgan fingerprint density at radius 2 is 1.77 bits per heavy atom. The monoisotopic (exact) mass is 307 g/mol. The van der Waals surface area contributed by atoms with Crippen LogP contribution in [0, 0.1) is 5.92 Å². The molecule has 1 unspecified atom stereocenters. The number of hydrogen-bond donors (Lipinski definition) is 1. The number of primary amides is 1. The van der Waals surface area contributed by atoms with E-state index in [-0.39, 0.29) is 17.9 Å². The highest BCUT2D eigenvalue weighted by Gasteiger charge is 2.30. The van der Waals surface area contributed by atoms with Gasteiger partial charge in [0.15, 0.2) is 11.5 Å². The van der Waals surface area contributed by atoms with E-state index >= 15 is 0 Å². The zero-order valence-electron chi connectivity index (χ0n) is 13.7. The molecule has 0 spiro atoms. The Morgan fingerprint density at radius 3 is 2.14 bits per heavy atom. The van der Waals surface area contributed by atoms with Crippen LogP contribution in [-0.2, 0) is 4.79 Å². The van der Waals surface area contributed by atoms with Gasteiger partial charge in [0.25, 0.3) is 0 Å². The fourth-order valence-electron chi connectivity index (χ4n) is 2.56. The van der Waals surface area contributed by atoms with Crippen LogP contribution >= 0.6 is 0 Å². The second-order valence-corrected chi connectivity index (χ2v) is 6.06. The number of carbonyl (C=O) groups is 1. The summed E-state index contributed by atoms with van der Waals surface area (Å²) in [5.41, 5.74) is 6.42. The summed E-state index contributed by atoms with van der Waals surface area (Å²) in [7, 11) is 3.15. The lowest BCUT2D eigenvalue weighted by molar-refractivity contribution is -0.119. The summed E-state index contributed by atoms with van der Waals surface area (Å²) in [4.78, 5) is 11.8. The molecule has 5 nitrogen and oxygen atoms in total. The Morgan fingerprint density at radius 1 is 1.23 bits per heavy atom. The molecule has 5 heteroatoms. The molecule has 1 aliphatic carbocycles. The fraction of sp³-hybridized carbons (Fsp3) is 0.588. The van der Waals surface area contributed by atoms with Crippen molar-refractivity contribution in [2.45, 2.75) is 45.1 Å². The molecule has 1 aliphatic rings. The van der Waals surface area contributed by atoms with Crippen LogP contribution < -0.4 is 19.9 Å². The van der Waals surface area contributed by atoms with Crippen LogP contribution in [0.5, 0.6) is 17.2 Å². The molecule has 0 saturated heterocycles. The van der Waals surface area contributed by atoms with Crippen molar-refractivity contribution in [2.75, 3.05) is 14.2 Å². The van der Waals surface area contributed by atoms with Crippen molar-refractivity contribution in [3.8, 4) is 17.2 Å². The normalized spacial score (nSPS) is 15.5. The molecule has 22 heavy (non-hydrogen) atoms. The summed E-state index contributed by atoms with van der Waals surface area (Å²) in [6.45, 7) is 3.87. The van der Waals surface area contributed by atoms with E-state index in [0.29, 0.717) is 23.2 Å². The molecule has 0 aromatic heterocycles. The van der Waals surface area contributed by atoms with Crippen LogP contribution in [0.15, 0.2) is 12.1 Å². The number of nitrogens with two attached hydrogens (primary N) is 1. The number of benzene rings is 1. The van der Waals surface area contributed by atoms with E-state index < -0.39 is 0 Å². The van der Waals surface area contributed by atoms with Crippen LogP contribution in [0.4, 0.5) is 0 Å². The standard InChI is InChI=1S/C17H25NO4/c1-10(2)22-16-14(20-3)8-12(9-15(16)21-4)13(17(18)19)7-11-5-6-11/h8-11,13H,5-7H2,1-4H3,(H2,18,19). The third-order valence-electron chi connectivity index (χ3n) is 3.85. The molecule has 0 aliphatic heterocycles. The summed E-state index contributed by atoms with van der Waals surface area (Å²) in [6.07, 6.45) is 3.12. The number of carbonyl (C=O) groups excluding carboxylic acids is 1. The number of rotatable bonds is 8. The third-order valence-corrected chi connectivity index (χ3v) is 3.85. The SMILES string of the molecule is COc1cc(C(CC2CC2)C(N)=O)cc(OC)c1OC(C)C. The lowest BCUT2D eigenvalue weighted by Gasteiger charge is -2.20. The molecule has 2 N–H and O–H groups in total. The maximum atomic E-state index is 11.8. The number of hydrogen-bond acceptors (Lipinski definition) is 4. The first-order chi connectivity index (χ1) is 10.5. The van der Waals surface area contributed by atoms with Gasteiger partial charge in [-0.05, 0) is 43.9 Å². The maximum Gasteiger partial charge on any atom is 0.224 e. The quantitative estimate of drug-likeness (QED) is 0.801. The van der Waals surface area contributed by atoms with Crippen LogP contribution in [0.25, 0.3) is 0 Å². The van der Waals surface area contributed by atoms with Crippen LogP contribution in [0.3, 0.4) is 0 Å². The Bertz CT molecular complexity index is 512. The van der Waals surface area contributed by atoms with Crippen LogP contribution in [-0.4, -0.2) is 26.2 Å². The third kappa shape index (κ3) is 3.84. The van der Waals surface area contributed by atoms with Gasteiger partial charge in [-0.25, -0.2) is 0 Å². The Labute approximate surface area is 131 Å². The van der Waals surface area contributed by atoms with Crippen molar-refractivity contribution in [2.24, 2.45) is 11.7 Å². The second kappa shape index (κ2) is 6.90. The number of ether oxygens (including phenoxy) is 3. The van der Waals surface area contributed by atoms with E-state index in [4.69, 9.17) is 19.9 Å². The zero-order valence-corrected chi connectivity index (χ0v) is 13.7. The second-order valence-electron chi connectivity index (χ2n) is 6.06. The van der Waals surface area contributed by atoms with Crippen molar-refractivity contribution in [1.82, 2.24) is 0 Å². The molecule has 1 saturated carbocycles. The number of amides is 1. The molecule has 0 bridgehead atoms. The van der Waals surface area contributed by atoms with Gasteiger partial charge in [-0.2, -0.15) is 0 Å². The highest BCUT2D eigenvalue weighted by atomic mass is 16.5. The largest absolute Gasteiger partial charge is 0.493 e. The Balaban J connectivity index is 2.40. The summed E-state index contributed by atoms with van der Waals surface area (Å²) < 4.78 is 16.6. The average Bonchev–Trinajstić information content (AvgIpc) is 3.28. The molecular formula is C17H25NO4. The first kappa shape index (κ1) is 16.5. The Hall–Kier alpha value is -1.91. The van der Waals surface area contributed by atoms with Gasteiger partial charge < -0.3 is 19.9 Å². The molecule has 0 heterocycles. The molecule has 2 rings (SSSR count). The summed E-state index contributed by atoms with van der Waals surface area (Å²) >= 11 is 0. The Kier molecular flexibility index (Phi) is 5.16. The average molecular weight is 307 g/mol. The smallest absolute Gasteiger partial charge is 0.224 e. The zero-order chi connectivity index (χ0) is 16.3. The summed E-state index contributed by atoms with van der Waals surface area (Å²) in [6, 6.07) is 3.66. The van der Waals surface area contributed by atoms with E-state index in [0.717, 1.165) is 12.0 Å². The van der Waals surface area contributed by atoms with Gasteiger partial charge in [0.05, 0.1) is 26.2 Å². The van der Waals surface area contributed by atoms with Gasteiger partial charge >= 0.3 is 0 Å². The lowest BCUT2D eigenvalue weighted by atomic mass is 9.92. The molecule has 1 amide bonds. The summed E-state index contributed by atoms with van der Waals surface area (Å²) in [5.74, 6) is 1.65. The van der Waals surface area contributed by atoms with Gasteiger partial charge in [-0.3, -0.25) is 4.79 Å². The summed E-state index contributed by atoms with van der Waals surface area (Å²) in [5, 5.41) is 0. The first-order valence-electron chi connectivity index (χ1n) is 7.68. The predicted octanol–water partition coefficient (Wildman–Crippen LogP) is 2.86. The minimum Gasteiger partial charge on any atom is -0.493 e. The lowest BCUT2D eigenvalue weighted by Crippen LogP contribution is -2.22. The van der Waals surface area contributed by atoms with Crippen LogP contribution in [0.1, 0.15) is 44.6 Å². The van der Waals surface area contributed by atoms with Gasteiger partial charge in [0.2, 0.25) is 11.7 Å². The van der Waals surface area contributed by atoms with E-state index in [1.807, 2.05) is 26.0 Å². The highest BCUT2D eigenvalue weighted by Crippen LogP contribution is 2.44. The van der Waals surface area contributed by atoms with Crippen molar-refractivity contribution in [1.29, 1.82) is 0 Å². The number of methoxy groups -OCH3 is 2. The van der Waals surface area contributed by atoms with Gasteiger partial charge in [-0.1, -0.05) is 12.8 Å². The molecule has 1 aromatic rings. The predicted molar refractivity (Wildman–Crippen MR) is 84.6 cm³/mol. The molecule has 1 fully saturated rings. The van der Waals surface area contributed by atoms with Crippen molar-refractivity contribution >= 4 is 5.91 Å². The maximum absolute atomic E-state index is 11.8. The molecule has 1 atom stereocenters. The van der Waals surface area contributed by atoms with Gasteiger partial charge in [0, 0.05) is 0 Å². The molecular weight excluding hydrogens is 282 g/mol. The minimum absolute atomic E-state index is 0.00736. The van der Waals surface area contributed by atoms with E-state index in [2.05, 4.69) is 0 Å². The van der Waals surface area contributed by atoms with Crippen molar-refractivity contribution in [3.05, 3.63) is 17.7 Å².